The van der Waals surface area contributed by atoms with Gasteiger partial charge >= 0.3 is 0 Å². The van der Waals surface area contributed by atoms with E-state index in [0.717, 1.165) is 42.1 Å². The van der Waals surface area contributed by atoms with Gasteiger partial charge in [-0.15, -0.1) is 11.3 Å². The molecule has 24 heavy (non-hydrogen) atoms. The first-order valence-corrected chi connectivity index (χ1v) is 9.03. The normalized spacial score (nSPS) is 18.0. The first-order valence-electron chi connectivity index (χ1n) is 8.15. The molecule has 0 radical (unpaired) electrons. The molecule has 0 aliphatic carbocycles. The molecule has 2 N–H and O–H groups in total. The number of nitrogens with one attached hydrogen (secondary N) is 2. The van der Waals surface area contributed by atoms with Crippen LogP contribution in [0.15, 0.2) is 36.1 Å². The molecule has 1 aromatic carbocycles. The van der Waals surface area contributed by atoms with Crippen molar-refractivity contribution in [2.24, 2.45) is 5.92 Å². The first-order chi connectivity index (χ1) is 11.8. The van der Waals surface area contributed by atoms with Crippen molar-refractivity contribution in [1.82, 2.24) is 20.3 Å². The lowest BCUT2D eigenvalue weighted by molar-refractivity contribution is 0.0946. The Morgan fingerprint density at radius 2 is 2.38 bits per heavy atom. The molecule has 1 saturated heterocycles. The molecule has 3 aromatic rings. The number of carbonyl (C=O) groups excluding carboxylic acids is 1. The monoisotopic (exact) mass is 341 g/mol. The van der Waals surface area contributed by atoms with Crippen LogP contribution < -0.4 is 10.2 Å². The fourth-order valence-corrected chi connectivity index (χ4v) is 3.87. The van der Waals surface area contributed by atoms with Gasteiger partial charge < -0.3 is 15.2 Å². The first kappa shape index (κ1) is 15.1. The van der Waals surface area contributed by atoms with Crippen LogP contribution in [0.5, 0.6) is 0 Å². The lowest BCUT2D eigenvalue weighted by Gasteiger charge is -2.32. The van der Waals surface area contributed by atoms with Crippen molar-refractivity contribution in [3.63, 3.8) is 0 Å². The molecule has 6 nitrogen and oxygen atoms in total. The molecule has 1 fully saturated rings. The zero-order valence-corrected chi connectivity index (χ0v) is 14.1. The highest BCUT2D eigenvalue weighted by Crippen LogP contribution is 2.24. The largest absolute Gasteiger partial charge is 0.352 e. The summed E-state index contributed by atoms with van der Waals surface area (Å²) in [6.45, 7) is 2.70. The van der Waals surface area contributed by atoms with Gasteiger partial charge in [-0.3, -0.25) is 4.79 Å². The minimum Gasteiger partial charge on any atom is -0.352 e. The number of H-pyrrole nitrogens is 1. The van der Waals surface area contributed by atoms with Crippen LogP contribution in [-0.2, 0) is 0 Å². The van der Waals surface area contributed by atoms with Gasteiger partial charge in [0.2, 0.25) is 0 Å². The molecule has 1 unspecified atom stereocenters. The van der Waals surface area contributed by atoms with Gasteiger partial charge in [-0.05, 0) is 37.0 Å². The minimum atomic E-state index is -0.0297. The summed E-state index contributed by atoms with van der Waals surface area (Å²) in [5, 5.41) is 6.16. The predicted octanol–water partition coefficient (Wildman–Crippen LogP) is 2.67. The van der Waals surface area contributed by atoms with Gasteiger partial charge in [0.05, 0.1) is 17.4 Å². The number of amides is 1. The summed E-state index contributed by atoms with van der Waals surface area (Å²) >= 11 is 1.67. The Morgan fingerprint density at radius 3 is 3.25 bits per heavy atom. The highest BCUT2D eigenvalue weighted by molar-refractivity contribution is 7.13. The number of aromatic nitrogens is 3. The molecule has 3 heterocycles. The topological polar surface area (TPSA) is 73.9 Å². The summed E-state index contributed by atoms with van der Waals surface area (Å²) in [5.74, 6) is 0.431. The fourth-order valence-electron chi connectivity index (χ4n) is 3.19. The van der Waals surface area contributed by atoms with E-state index in [1.54, 1.807) is 17.7 Å². The quantitative estimate of drug-likeness (QED) is 0.765. The maximum atomic E-state index is 12.4. The van der Waals surface area contributed by atoms with Gasteiger partial charge in [-0.1, -0.05) is 0 Å². The number of nitrogens with zero attached hydrogens (tertiary/aromatic N) is 3. The molecule has 1 aliphatic rings. The molecule has 2 aromatic heterocycles. The number of anilines is 1. The fraction of sp³-hybridized carbons (Fsp3) is 0.353. The molecule has 1 atom stereocenters. The van der Waals surface area contributed by atoms with Crippen LogP contribution in [0.25, 0.3) is 11.0 Å². The summed E-state index contributed by atoms with van der Waals surface area (Å²) in [6, 6.07) is 5.53. The number of piperidine rings is 1. The summed E-state index contributed by atoms with van der Waals surface area (Å²) in [6.07, 6.45) is 5.76. The summed E-state index contributed by atoms with van der Waals surface area (Å²) in [4.78, 5) is 26.3. The van der Waals surface area contributed by atoms with Crippen molar-refractivity contribution in [2.75, 3.05) is 24.5 Å². The van der Waals surface area contributed by atoms with Gasteiger partial charge in [0, 0.05) is 36.8 Å². The number of thiazole rings is 1. The third-order valence-electron chi connectivity index (χ3n) is 4.44. The number of hydrogen-bond donors (Lipinski definition) is 2. The Hall–Kier alpha value is -2.41. The molecule has 124 valence electrons. The smallest absolute Gasteiger partial charge is 0.251 e. The molecule has 0 bridgehead atoms. The second-order valence-electron chi connectivity index (χ2n) is 6.11. The third kappa shape index (κ3) is 3.12. The number of aromatic amines is 1. The van der Waals surface area contributed by atoms with E-state index in [-0.39, 0.29) is 5.91 Å². The van der Waals surface area contributed by atoms with Crippen molar-refractivity contribution in [1.29, 1.82) is 0 Å². The van der Waals surface area contributed by atoms with Crippen LogP contribution in [0.1, 0.15) is 23.2 Å². The maximum absolute atomic E-state index is 12.4. The number of benzene rings is 1. The van der Waals surface area contributed by atoms with Crippen LogP contribution >= 0.6 is 11.3 Å². The van der Waals surface area contributed by atoms with Gasteiger partial charge in [-0.2, -0.15) is 0 Å². The third-order valence-corrected chi connectivity index (χ3v) is 5.27. The molecule has 0 spiro atoms. The molecule has 0 saturated carbocycles. The van der Waals surface area contributed by atoms with Crippen LogP contribution in [0.4, 0.5) is 5.13 Å². The zero-order valence-electron chi connectivity index (χ0n) is 13.2. The van der Waals surface area contributed by atoms with Gasteiger partial charge in [-0.25, -0.2) is 9.97 Å². The van der Waals surface area contributed by atoms with E-state index in [4.69, 9.17) is 0 Å². The number of rotatable bonds is 4. The van der Waals surface area contributed by atoms with E-state index in [1.165, 1.54) is 0 Å². The van der Waals surface area contributed by atoms with E-state index >= 15 is 0 Å². The zero-order chi connectivity index (χ0) is 16.4. The van der Waals surface area contributed by atoms with Gasteiger partial charge in [0.25, 0.3) is 5.91 Å². The highest BCUT2D eigenvalue weighted by Gasteiger charge is 2.22. The Bertz CT molecular complexity index is 829. The van der Waals surface area contributed by atoms with Crippen LogP contribution in [-0.4, -0.2) is 40.5 Å². The molecular weight excluding hydrogens is 322 g/mol. The molecule has 7 heteroatoms. The van der Waals surface area contributed by atoms with E-state index in [2.05, 4.69) is 25.2 Å². The van der Waals surface area contributed by atoms with Gasteiger partial charge in [0.1, 0.15) is 0 Å². The lowest BCUT2D eigenvalue weighted by atomic mass is 9.98. The Labute approximate surface area is 143 Å². The molecule has 1 aliphatic heterocycles. The second-order valence-corrected chi connectivity index (χ2v) is 6.99. The van der Waals surface area contributed by atoms with E-state index < -0.39 is 0 Å². The van der Waals surface area contributed by atoms with Crippen molar-refractivity contribution < 1.29 is 4.79 Å². The standard InChI is InChI=1S/C17H19N5OS/c23-16(13-3-4-14-15(8-13)21-11-20-14)19-9-12-2-1-6-22(10-12)17-18-5-7-24-17/h3-5,7-8,11-12H,1-2,6,9-10H2,(H,19,23)(H,20,21). The van der Waals surface area contributed by atoms with Crippen molar-refractivity contribution in [3.05, 3.63) is 41.7 Å². The average molecular weight is 341 g/mol. The number of fused-ring (bicyclic) bond motifs is 1. The molecular formula is C17H19N5OS. The number of carbonyl (C=O) groups is 1. The van der Waals surface area contributed by atoms with E-state index in [1.807, 2.05) is 29.8 Å². The second kappa shape index (κ2) is 6.60. The predicted molar refractivity (Wildman–Crippen MR) is 95.5 cm³/mol. The Balaban J connectivity index is 1.36. The minimum absolute atomic E-state index is 0.0297. The van der Waals surface area contributed by atoms with Crippen molar-refractivity contribution in [3.8, 4) is 0 Å². The molecule has 1 amide bonds. The van der Waals surface area contributed by atoms with Crippen LogP contribution in [0.3, 0.4) is 0 Å². The molecule has 4 rings (SSSR count). The van der Waals surface area contributed by atoms with Crippen LogP contribution in [0.2, 0.25) is 0 Å². The van der Waals surface area contributed by atoms with Crippen molar-refractivity contribution >= 4 is 33.4 Å². The Kier molecular flexibility index (Phi) is 4.17. The van der Waals surface area contributed by atoms with Gasteiger partial charge in [0.15, 0.2) is 5.13 Å². The SMILES string of the molecule is O=C(NCC1CCCN(c2nccs2)C1)c1ccc2nc[nH]c2c1. The average Bonchev–Trinajstić information content (AvgIpc) is 3.30. The Morgan fingerprint density at radius 1 is 1.42 bits per heavy atom. The summed E-state index contributed by atoms with van der Waals surface area (Å²) in [5.41, 5.74) is 2.42. The van der Waals surface area contributed by atoms with E-state index in [9.17, 15) is 4.79 Å². The van der Waals surface area contributed by atoms with Crippen LogP contribution in [0, 0.1) is 5.92 Å². The lowest BCUT2D eigenvalue weighted by Crippen LogP contribution is -2.41. The number of hydrogen-bond acceptors (Lipinski definition) is 5. The highest BCUT2D eigenvalue weighted by atomic mass is 32.1. The van der Waals surface area contributed by atoms with E-state index in [0.29, 0.717) is 18.0 Å². The number of imidazole rings is 1. The summed E-state index contributed by atoms with van der Waals surface area (Å²) in [7, 11) is 0. The maximum Gasteiger partial charge on any atom is 0.251 e. The summed E-state index contributed by atoms with van der Waals surface area (Å²) < 4.78 is 0. The van der Waals surface area contributed by atoms with Crippen molar-refractivity contribution in [2.45, 2.75) is 12.8 Å².